The van der Waals surface area contributed by atoms with E-state index in [4.69, 9.17) is 14.2 Å². The van der Waals surface area contributed by atoms with Gasteiger partial charge in [0.05, 0.1) is 11.7 Å². The molecule has 1 aliphatic carbocycles. The van der Waals surface area contributed by atoms with Crippen LogP contribution in [0.5, 0.6) is 0 Å². The van der Waals surface area contributed by atoms with Crippen molar-refractivity contribution in [3.63, 3.8) is 0 Å². The van der Waals surface area contributed by atoms with Gasteiger partial charge in [0, 0.05) is 5.41 Å². The minimum atomic E-state index is -0.476. The summed E-state index contributed by atoms with van der Waals surface area (Å²) < 4.78 is 16.9. The van der Waals surface area contributed by atoms with Crippen LogP contribution in [0, 0.1) is 11.3 Å². The number of hydrogen-bond acceptors (Lipinski definition) is 5. The van der Waals surface area contributed by atoms with Crippen LogP contribution in [0.25, 0.3) is 0 Å². The van der Waals surface area contributed by atoms with E-state index in [2.05, 4.69) is 6.58 Å². The summed E-state index contributed by atoms with van der Waals surface area (Å²) in [6.45, 7) is 15.0. The van der Waals surface area contributed by atoms with Crippen LogP contribution in [0.3, 0.4) is 0 Å². The highest BCUT2D eigenvalue weighted by Crippen LogP contribution is 2.31. The van der Waals surface area contributed by atoms with Gasteiger partial charge in [0.2, 0.25) is 0 Å². The third kappa shape index (κ3) is 8.15. The maximum absolute atomic E-state index is 12.1. The first kappa shape index (κ1) is 21.8. The third-order valence-corrected chi connectivity index (χ3v) is 4.18. The van der Waals surface area contributed by atoms with E-state index in [1.165, 1.54) is 0 Å². The molecule has 144 valence electrons. The highest BCUT2D eigenvalue weighted by Gasteiger charge is 2.35. The van der Waals surface area contributed by atoms with Crippen LogP contribution in [0.2, 0.25) is 0 Å². The van der Waals surface area contributed by atoms with Crippen molar-refractivity contribution in [3.05, 3.63) is 12.7 Å². The zero-order valence-corrected chi connectivity index (χ0v) is 16.6. The molecule has 0 amide bonds. The highest BCUT2D eigenvalue weighted by atomic mass is 16.6. The molecule has 1 rings (SSSR count). The molecule has 0 saturated heterocycles. The fourth-order valence-corrected chi connectivity index (χ4v) is 2.71. The summed E-state index contributed by atoms with van der Waals surface area (Å²) in [5.74, 6) is -0.182. The number of Topliss-reactive ketones (excluding diaryl/α,β-unsaturated/α-hetero) is 1. The molecule has 0 N–H and O–H groups in total. The number of carbonyl (C=O) groups excluding carboxylic acids is 2. The van der Waals surface area contributed by atoms with Crippen molar-refractivity contribution in [2.24, 2.45) is 11.3 Å². The summed E-state index contributed by atoms with van der Waals surface area (Å²) >= 11 is 0. The zero-order valence-electron chi connectivity index (χ0n) is 16.6. The van der Waals surface area contributed by atoms with Gasteiger partial charge in [0.1, 0.15) is 19.3 Å². The van der Waals surface area contributed by atoms with Gasteiger partial charge in [0.15, 0.2) is 5.78 Å². The van der Waals surface area contributed by atoms with Gasteiger partial charge in [-0.3, -0.25) is 4.79 Å². The van der Waals surface area contributed by atoms with Gasteiger partial charge in [-0.2, -0.15) is 0 Å². The lowest BCUT2D eigenvalue weighted by molar-refractivity contribution is -0.178. The monoisotopic (exact) mass is 354 g/mol. The number of allylic oxidation sites excluding steroid dienone is 1. The van der Waals surface area contributed by atoms with Gasteiger partial charge < -0.3 is 14.2 Å². The van der Waals surface area contributed by atoms with Gasteiger partial charge in [-0.1, -0.05) is 26.8 Å². The van der Waals surface area contributed by atoms with Crippen LogP contribution in [-0.4, -0.2) is 42.8 Å². The molecule has 0 aromatic heterocycles. The van der Waals surface area contributed by atoms with Gasteiger partial charge >= 0.3 is 5.97 Å². The second kappa shape index (κ2) is 8.95. The Morgan fingerprint density at radius 2 is 1.68 bits per heavy atom. The minimum absolute atomic E-state index is 0.0429. The van der Waals surface area contributed by atoms with Gasteiger partial charge in [-0.25, -0.2) is 4.79 Å². The molecule has 0 aliphatic heterocycles. The molecule has 0 bridgehead atoms. The summed E-state index contributed by atoms with van der Waals surface area (Å²) in [4.78, 5) is 23.9. The molecule has 1 fully saturated rings. The molecule has 0 radical (unpaired) electrons. The standard InChI is InChI=1S/C20H34O5/c1-8-14-9-10-15(25-20(5,6)7)16(11-14)24-18(22)13-23-12-17(21)19(2,3)4/h8,14-16H,1,9-13H2,2-7H3/t14?,15-,16-/m0/s1. The van der Waals surface area contributed by atoms with Crippen LogP contribution in [0.1, 0.15) is 60.8 Å². The normalized spacial score (nSPS) is 24.6. The van der Waals surface area contributed by atoms with Crippen molar-refractivity contribution in [2.45, 2.75) is 78.6 Å². The van der Waals surface area contributed by atoms with E-state index >= 15 is 0 Å². The maximum atomic E-state index is 12.1. The fraction of sp³-hybridized carbons (Fsp3) is 0.800. The zero-order chi connectivity index (χ0) is 19.3. The van der Waals surface area contributed by atoms with Crippen molar-refractivity contribution in [3.8, 4) is 0 Å². The molecule has 0 aromatic carbocycles. The first-order valence-corrected chi connectivity index (χ1v) is 9.03. The van der Waals surface area contributed by atoms with E-state index in [-0.39, 0.29) is 36.8 Å². The molecule has 1 aliphatic rings. The Morgan fingerprint density at radius 1 is 1.04 bits per heavy atom. The van der Waals surface area contributed by atoms with E-state index < -0.39 is 11.4 Å². The second-order valence-electron chi connectivity index (χ2n) is 8.77. The second-order valence-corrected chi connectivity index (χ2v) is 8.77. The molecule has 0 heterocycles. The lowest BCUT2D eigenvalue weighted by Crippen LogP contribution is -2.43. The van der Waals surface area contributed by atoms with Crippen LogP contribution in [0.15, 0.2) is 12.7 Å². The minimum Gasteiger partial charge on any atom is -0.458 e. The quantitative estimate of drug-likeness (QED) is 0.515. The molecular weight excluding hydrogens is 320 g/mol. The number of rotatable bonds is 7. The Balaban J connectivity index is 2.54. The lowest BCUT2D eigenvalue weighted by Gasteiger charge is -2.38. The number of carbonyl (C=O) groups is 2. The van der Waals surface area contributed by atoms with Crippen LogP contribution >= 0.6 is 0 Å². The number of hydrogen-bond donors (Lipinski definition) is 0. The molecule has 1 unspecified atom stereocenters. The van der Waals surface area contributed by atoms with Crippen LogP contribution in [-0.2, 0) is 23.8 Å². The topological polar surface area (TPSA) is 61.8 Å². The average molecular weight is 354 g/mol. The van der Waals surface area contributed by atoms with E-state index in [1.54, 1.807) is 0 Å². The third-order valence-electron chi connectivity index (χ3n) is 4.18. The molecule has 0 spiro atoms. The summed E-state index contributed by atoms with van der Waals surface area (Å²) in [6.07, 6.45) is 3.98. The molecule has 0 aromatic rings. The largest absolute Gasteiger partial charge is 0.458 e. The van der Waals surface area contributed by atoms with Crippen molar-refractivity contribution >= 4 is 11.8 Å². The molecule has 25 heavy (non-hydrogen) atoms. The van der Waals surface area contributed by atoms with Crippen molar-refractivity contribution in [1.29, 1.82) is 0 Å². The van der Waals surface area contributed by atoms with E-state index in [9.17, 15) is 9.59 Å². The Labute approximate surface area is 152 Å². The van der Waals surface area contributed by atoms with Gasteiger partial charge in [0.25, 0.3) is 0 Å². The molecule has 3 atom stereocenters. The van der Waals surface area contributed by atoms with E-state index in [0.717, 1.165) is 12.8 Å². The fourth-order valence-electron chi connectivity index (χ4n) is 2.71. The SMILES string of the molecule is C=CC1CC[C@H](OC(C)(C)C)[C@@H](OC(=O)COCC(=O)C(C)(C)C)C1. The number of esters is 1. The first-order chi connectivity index (χ1) is 11.4. The van der Waals surface area contributed by atoms with Crippen molar-refractivity contribution in [2.75, 3.05) is 13.2 Å². The van der Waals surface area contributed by atoms with E-state index in [0.29, 0.717) is 12.3 Å². The Morgan fingerprint density at radius 3 is 2.20 bits per heavy atom. The number of ether oxygens (including phenoxy) is 3. The molecular formula is C20H34O5. The maximum Gasteiger partial charge on any atom is 0.332 e. The Bertz CT molecular complexity index is 469. The Hall–Kier alpha value is -1.20. The van der Waals surface area contributed by atoms with Crippen LogP contribution < -0.4 is 0 Å². The highest BCUT2D eigenvalue weighted by molar-refractivity contribution is 5.85. The predicted octanol–water partition coefficient (Wildman–Crippen LogP) is 3.70. The predicted molar refractivity (Wildman–Crippen MR) is 97.3 cm³/mol. The number of ketones is 1. The molecule has 1 saturated carbocycles. The first-order valence-electron chi connectivity index (χ1n) is 9.03. The van der Waals surface area contributed by atoms with Crippen molar-refractivity contribution in [1.82, 2.24) is 0 Å². The van der Waals surface area contributed by atoms with E-state index in [1.807, 2.05) is 47.6 Å². The van der Waals surface area contributed by atoms with Crippen LogP contribution in [0.4, 0.5) is 0 Å². The van der Waals surface area contributed by atoms with Gasteiger partial charge in [-0.15, -0.1) is 6.58 Å². The summed E-state index contributed by atoms with van der Waals surface area (Å²) in [5, 5.41) is 0. The molecule has 5 heteroatoms. The van der Waals surface area contributed by atoms with Crippen molar-refractivity contribution < 1.29 is 23.8 Å². The summed E-state index contributed by atoms with van der Waals surface area (Å²) in [7, 11) is 0. The Kier molecular flexibility index (Phi) is 7.82. The van der Waals surface area contributed by atoms with Gasteiger partial charge in [-0.05, 0) is 46.0 Å². The summed E-state index contributed by atoms with van der Waals surface area (Å²) in [5.41, 5.74) is -0.776. The summed E-state index contributed by atoms with van der Waals surface area (Å²) in [6, 6.07) is 0. The smallest absolute Gasteiger partial charge is 0.332 e. The molecule has 5 nitrogen and oxygen atoms in total. The lowest BCUT2D eigenvalue weighted by atomic mass is 9.85. The average Bonchev–Trinajstić information content (AvgIpc) is 2.46.